The van der Waals surface area contributed by atoms with E-state index in [4.69, 9.17) is 5.11 Å². The van der Waals surface area contributed by atoms with Crippen LogP contribution in [0.3, 0.4) is 0 Å². The first kappa shape index (κ1) is 13.3. The molecule has 1 heterocycles. The number of hydrogen-bond donors (Lipinski definition) is 3. The van der Waals surface area contributed by atoms with Crippen LogP contribution in [0, 0.1) is 11.7 Å². The van der Waals surface area contributed by atoms with Crippen LogP contribution >= 0.6 is 11.8 Å². The van der Waals surface area contributed by atoms with Gasteiger partial charge in [-0.2, -0.15) is 0 Å². The summed E-state index contributed by atoms with van der Waals surface area (Å²) in [5.41, 5.74) is 0.727. The lowest BCUT2D eigenvalue weighted by atomic mass is 10.1. The number of anilines is 1. The highest BCUT2D eigenvalue weighted by molar-refractivity contribution is 7.99. The lowest BCUT2D eigenvalue weighted by molar-refractivity contribution is -0.123. The second kappa shape index (κ2) is 5.26. The van der Waals surface area contributed by atoms with Crippen molar-refractivity contribution in [3.8, 4) is 0 Å². The Hall–Kier alpha value is -1.11. The molecule has 6 heteroatoms. The van der Waals surface area contributed by atoms with Crippen molar-refractivity contribution in [3.05, 3.63) is 23.5 Å². The van der Waals surface area contributed by atoms with Crippen LogP contribution in [0.2, 0.25) is 0 Å². The maximum Gasteiger partial charge on any atom is 0.257 e. The van der Waals surface area contributed by atoms with Crippen molar-refractivity contribution in [1.29, 1.82) is 0 Å². The van der Waals surface area contributed by atoms with Crippen molar-refractivity contribution in [2.45, 2.75) is 17.9 Å². The number of carbonyl (C=O) groups is 1. The number of aliphatic hydroxyl groups is 2. The molecule has 0 bridgehead atoms. The normalized spacial score (nSPS) is 19.6. The second-order valence-electron chi connectivity index (χ2n) is 4.36. The van der Waals surface area contributed by atoms with Gasteiger partial charge < -0.3 is 15.5 Å². The number of halogens is 1. The van der Waals surface area contributed by atoms with E-state index in [9.17, 15) is 14.3 Å². The highest BCUT2D eigenvalue weighted by Gasteiger charge is 2.29. The minimum absolute atomic E-state index is 0.0506. The van der Waals surface area contributed by atoms with Gasteiger partial charge >= 0.3 is 0 Å². The number of fused-ring (bicyclic) bond motifs is 1. The Morgan fingerprint density at radius 1 is 1.56 bits per heavy atom. The third-order valence-corrected chi connectivity index (χ3v) is 4.10. The minimum atomic E-state index is -1.29. The van der Waals surface area contributed by atoms with Gasteiger partial charge in [-0.3, -0.25) is 4.79 Å². The molecule has 1 aliphatic rings. The van der Waals surface area contributed by atoms with Crippen LogP contribution < -0.4 is 5.32 Å². The molecule has 0 saturated carbocycles. The molecule has 4 nitrogen and oxygen atoms in total. The van der Waals surface area contributed by atoms with E-state index < -0.39 is 17.8 Å². The van der Waals surface area contributed by atoms with Gasteiger partial charge in [0.25, 0.3) is 5.91 Å². The average molecular weight is 271 g/mol. The summed E-state index contributed by atoms with van der Waals surface area (Å²) in [4.78, 5) is 11.6. The standard InChI is InChI=1S/C12H14FNO3S/c1-6(4-15)5-18-10-3-9-7(2-8(10)13)11(16)12(17)14-9/h2-3,6,11,15-16H,4-5H2,1H3,(H,14,17). The summed E-state index contributed by atoms with van der Waals surface area (Å²) in [5, 5.41) is 20.9. The summed E-state index contributed by atoms with van der Waals surface area (Å²) < 4.78 is 13.8. The van der Waals surface area contributed by atoms with Crippen LogP contribution in [0.4, 0.5) is 10.1 Å². The first-order valence-electron chi connectivity index (χ1n) is 5.59. The highest BCUT2D eigenvalue weighted by atomic mass is 32.2. The summed E-state index contributed by atoms with van der Waals surface area (Å²) in [5.74, 6) is -0.333. The number of rotatable bonds is 4. The molecular weight excluding hydrogens is 257 g/mol. The maximum atomic E-state index is 13.8. The van der Waals surface area contributed by atoms with E-state index in [1.165, 1.54) is 23.9 Å². The average Bonchev–Trinajstić information content (AvgIpc) is 2.62. The highest BCUT2D eigenvalue weighted by Crippen LogP contribution is 2.36. The van der Waals surface area contributed by atoms with Crippen molar-refractivity contribution in [2.24, 2.45) is 5.92 Å². The maximum absolute atomic E-state index is 13.8. The number of amides is 1. The van der Waals surface area contributed by atoms with Gasteiger partial charge in [0.2, 0.25) is 0 Å². The van der Waals surface area contributed by atoms with Gasteiger partial charge in [-0.15, -0.1) is 11.8 Å². The van der Waals surface area contributed by atoms with Gasteiger partial charge in [0, 0.05) is 28.5 Å². The summed E-state index contributed by atoms with van der Waals surface area (Å²) in [6.45, 7) is 1.92. The summed E-state index contributed by atoms with van der Waals surface area (Å²) >= 11 is 1.28. The van der Waals surface area contributed by atoms with E-state index in [0.29, 0.717) is 16.3 Å². The molecule has 2 rings (SSSR count). The van der Waals surface area contributed by atoms with Crippen LogP contribution in [-0.4, -0.2) is 28.5 Å². The molecule has 1 amide bonds. The van der Waals surface area contributed by atoms with Crippen LogP contribution in [-0.2, 0) is 4.79 Å². The van der Waals surface area contributed by atoms with Crippen LogP contribution in [0.1, 0.15) is 18.6 Å². The Kier molecular flexibility index (Phi) is 3.89. The van der Waals surface area contributed by atoms with Crippen LogP contribution in [0.5, 0.6) is 0 Å². The molecule has 1 aliphatic heterocycles. The fraction of sp³-hybridized carbons (Fsp3) is 0.417. The van der Waals surface area contributed by atoms with Crippen molar-refractivity contribution in [3.63, 3.8) is 0 Å². The van der Waals surface area contributed by atoms with E-state index in [-0.39, 0.29) is 18.1 Å². The molecule has 2 unspecified atom stereocenters. The Labute approximate surface area is 108 Å². The van der Waals surface area contributed by atoms with Gasteiger partial charge in [-0.1, -0.05) is 6.92 Å². The predicted octanol–water partition coefficient (Wildman–Crippen LogP) is 1.53. The summed E-state index contributed by atoms with van der Waals surface area (Å²) in [7, 11) is 0. The summed E-state index contributed by atoms with van der Waals surface area (Å²) in [6, 6.07) is 2.71. The number of nitrogens with one attached hydrogen (secondary N) is 1. The molecule has 0 aliphatic carbocycles. The van der Waals surface area contributed by atoms with E-state index in [1.807, 2.05) is 6.92 Å². The molecule has 1 aromatic carbocycles. The van der Waals surface area contributed by atoms with Crippen molar-refractivity contribution in [1.82, 2.24) is 0 Å². The number of thioether (sulfide) groups is 1. The van der Waals surface area contributed by atoms with E-state index in [0.717, 1.165) is 0 Å². The largest absolute Gasteiger partial charge is 0.396 e. The van der Waals surface area contributed by atoms with Gasteiger partial charge in [0.15, 0.2) is 6.10 Å². The zero-order valence-electron chi connectivity index (χ0n) is 9.81. The topological polar surface area (TPSA) is 69.6 Å². The van der Waals surface area contributed by atoms with Crippen LogP contribution in [0.15, 0.2) is 17.0 Å². The van der Waals surface area contributed by atoms with Gasteiger partial charge in [0.1, 0.15) is 5.82 Å². The zero-order chi connectivity index (χ0) is 13.3. The third-order valence-electron chi connectivity index (χ3n) is 2.74. The molecule has 0 fully saturated rings. The van der Waals surface area contributed by atoms with Crippen molar-refractivity contribution in [2.75, 3.05) is 17.7 Å². The molecule has 2 atom stereocenters. The molecule has 3 N–H and O–H groups in total. The lowest BCUT2D eigenvalue weighted by Gasteiger charge is -2.09. The van der Waals surface area contributed by atoms with Crippen molar-refractivity contribution >= 4 is 23.4 Å². The van der Waals surface area contributed by atoms with E-state index in [2.05, 4.69) is 5.32 Å². The molecule has 18 heavy (non-hydrogen) atoms. The SMILES string of the molecule is CC(CO)CSc1cc2c(cc1F)C(O)C(=O)N2. The number of carbonyl (C=O) groups excluding carboxylic acids is 1. The van der Waals surface area contributed by atoms with Crippen LogP contribution in [0.25, 0.3) is 0 Å². The molecular formula is C12H14FNO3S. The minimum Gasteiger partial charge on any atom is -0.396 e. The Morgan fingerprint density at radius 2 is 2.28 bits per heavy atom. The fourth-order valence-corrected chi connectivity index (χ4v) is 2.61. The Morgan fingerprint density at radius 3 is 2.94 bits per heavy atom. The lowest BCUT2D eigenvalue weighted by Crippen LogP contribution is -2.10. The van der Waals surface area contributed by atoms with Gasteiger partial charge in [-0.05, 0) is 18.1 Å². The monoisotopic (exact) mass is 271 g/mol. The summed E-state index contributed by atoms with van der Waals surface area (Å²) in [6.07, 6.45) is -1.29. The Balaban J connectivity index is 2.19. The quantitative estimate of drug-likeness (QED) is 0.726. The van der Waals surface area contributed by atoms with Crippen molar-refractivity contribution < 1.29 is 19.4 Å². The van der Waals surface area contributed by atoms with Gasteiger partial charge in [0.05, 0.1) is 0 Å². The molecule has 98 valence electrons. The number of hydrogen-bond acceptors (Lipinski definition) is 4. The van der Waals surface area contributed by atoms with E-state index >= 15 is 0 Å². The first-order valence-corrected chi connectivity index (χ1v) is 6.57. The number of benzene rings is 1. The molecule has 0 spiro atoms. The first-order chi connectivity index (χ1) is 8.52. The molecule has 1 aromatic rings. The fourth-order valence-electron chi connectivity index (χ4n) is 1.64. The van der Waals surface area contributed by atoms with E-state index in [1.54, 1.807) is 0 Å². The zero-order valence-corrected chi connectivity index (χ0v) is 10.6. The molecule has 0 saturated heterocycles. The van der Waals surface area contributed by atoms with Gasteiger partial charge in [-0.25, -0.2) is 4.39 Å². The third kappa shape index (κ3) is 2.50. The predicted molar refractivity (Wildman–Crippen MR) is 67.0 cm³/mol. The Bertz CT molecular complexity index is 481. The molecule has 0 radical (unpaired) electrons. The number of aliphatic hydroxyl groups excluding tert-OH is 2. The smallest absolute Gasteiger partial charge is 0.257 e. The molecule has 0 aromatic heterocycles. The second-order valence-corrected chi connectivity index (χ2v) is 5.42.